The fourth-order valence-electron chi connectivity index (χ4n) is 2.86. The zero-order chi connectivity index (χ0) is 21.6. The molecule has 1 unspecified atom stereocenters. The number of hydrogen-bond donors (Lipinski definition) is 3. The van der Waals surface area contributed by atoms with Gasteiger partial charge >= 0.3 is 0 Å². The molecule has 3 N–H and O–H groups in total. The highest BCUT2D eigenvalue weighted by molar-refractivity contribution is 14.0. The Morgan fingerprint density at radius 3 is 2.52 bits per heavy atom. The highest BCUT2D eigenvalue weighted by Gasteiger charge is 2.11. The predicted molar refractivity (Wildman–Crippen MR) is 135 cm³/mol. The number of ether oxygens (including phenoxy) is 1. The van der Waals surface area contributed by atoms with Crippen LogP contribution in [0.2, 0.25) is 0 Å². The zero-order valence-corrected chi connectivity index (χ0v) is 21.0. The Labute approximate surface area is 202 Å². The molecule has 31 heavy (non-hydrogen) atoms. The molecular weight excluding hydrogens is 507 g/mol. The van der Waals surface area contributed by atoms with E-state index in [0.29, 0.717) is 25.5 Å². The van der Waals surface area contributed by atoms with Crippen molar-refractivity contribution >= 4 is 35.8 Å². The standard InChI is InChI=1S/C23H34N4O3.HI/c1-4-24-23(26-14-8-13-25-22(28)21-18(2)12-17-30-21)27-15-9-16-29-19(3)20-10-6-5-7-11-20;/h5-7,10-12,17,19H,4,8-9,13-16H2,1-3H3,(H,25,28)(H2,24,26,27);1H. The minimum Gasteiger partial charge on any atom is -0.459 e. The first-order chi connectivity index (χ1) is 14.6. The third kappa shape index (κ3) is 10.2. The van der Waals surface area contributed by atoms with Crippen molar-refractivity contribution in [2.75, 3.05) is 32.8 Å². The number of amides is 1. The Bertz CT molecular complexity index is 780. The van der Waals surface area contributed by atoms with Gasteiger partial charge in [0.15, 0.2) is 11.7 Å². The lowest BCUT2D eigenvalue weighted by atomic mass is 10.1. The first-order valence-corrected chi connectivity index (χ1v) is 10.6. The Kier molecular flexibility index (Phi) is 13.6. The highest BCUT2D eigenvalue weighted by Crippen LogP contribution is 2.15. The van der Waals surface area contributed by atoms with Gasteiger partial charge in [0.05, 0.1) is 12.4 Å². The molecule has 8 heteroatoms. The van der Waals surface area contributed by atoms with Crippen molar-refractivity contribution in [3.05, 3.63) is 59.5 Å². The van der Waals surface area contributed by atoms with E-state index in [1.54, 1.807) is 6.07 Å². The van der Waals surface area contributed by atoms with Crippen molar-refractivity contribution in [3.63, 3.8) is 0 Å². The minimum atomic E-state index is -0.184. The summed E-state index contributed by atoms with van der Waals surface area (Å²) >= 11 is 0. The minimum absolute atomic E-state index is 0. The molecule has 1 atom stereocenters. The molecular formula is C23H35IN4O3. The van der Waals surface area contributed by atoms with E-state index in [1.807, 2.05) is 32.0 Å². The molecule has 0 aliphatic carbocycles. The molecule has 2 aromatic rings. The van der Waals surface area contributed by atoms with Gasteiger partial charge in [0.1, 0.15) is 0 Å². The Morgan fingerprint density at radius 1 is 1.10 bits per heavy atom. The molecule has 7 nitrogen and oxygen atoms in total. The van der Waals surface area contributed by atoms with E-state index in [0.717, 1.165) is 37.5 Å². The molecule has 0 radical (unpaired) electrons. The van der Waals surface area contributed by atoms with Crippen LogP contribution in [0.1, 0.15) is 54.5 Å². The third-order valence-electron chi connectivity index (χ3n) is 4.55. The maximum Gasteiger partial charge on any atom is 0.287 e. The van der Waals surface area contributed by atoms with Crippen LogP contribution in [0, 0.1) is 6.92 Å². The fraction of sp³-hybridized carbons (Fsp3) is 0.478. The molecule has 1 aromatic carbocycles. The van der Waals surface area contributed by atoms with Gasteiger partial charge in [0.25, 0.3) is 5.91 Å². The molecule has 2 rings (SSSR count). The van der Waals surface area contributed by atoms with Crippen LogP contribution in [0.3, 0.4) is 0 Å². The van der Waals surface area contributed by atoms with Crippen molar-refractivity contribution in [2.45, 2.75) is 39.7 Å². The van der Waals surface area contributed by atoms with Crippen molar-refractivity contribution in [1.82, 2.24) is 16.0 Å². The summed E-state index contributed by atoms with van der Waals surface area (Å²) < 4.78 is 11.1. The van der Waals surface area contributed by atoms with E-state index in [4.69, 9.17) is 9.15 Å². The zero-order valence-electron chi connectivity index (χ0n) is 18.6. The smallest absolute Gasteiger partial charge is 0.287 e. The SMILES string of the molecule is CCNC(=NCCCNC(=O)c1occc1C)NCCCOC(C)c1ccccc1.I. The number of nitrogens with zero attached hydrogens (tertiary/aromatic N) is 1. The van der Waals surface area contributed by atoms with Crippen molar-refractivity contribution < 1.29 is 13.9 Å². The van der Waals surface area contributed by atoms with Gasteiger partial charge in [-0.2, -0.15) is 0 Å². The van der Waals surface area contributed by atoms with E-state index in [1.165, 1.54) is 11.8 Å². The molecule has 0 aliphatic rings. The van der Waals surface area contributed by atoms with Gasteiger partial charge in [0.2, 0.25) is 0 Å². The lowest BCUT2D eigenvalue weighted by molar-refractivity contribution is 0.0646. The first-order valence-electron chi connectivity index (χ1n) is 10.6. The van der Waals surface area contributed by atoms with Gasteiger partial charge in [-0.05, 0) is 45.2 Å². The number of aryl methyl sites for hydroxylation is 1. The van der Waals surface area contributed by atoms with Crippen LogP contribution in [0.5, 0.6) is 0 Å². The van der Waals surface area contributed by atoms with Gasteiger partial charge in [0, 0.05) is 38.3 Å². The average molecular weight is 542 g/mol. The predicted octanol–water partition coefficient (Wildman–Crippen LogP) is 4.05. The molecule has 0 bridgehead atoms. The number of nitrogens with one attached hydrogen (secondary N) is 3. The number of halogens is 1. The van der Waals surface area contributed by atoms with E-state index in [-0.39, 0.29) is 36.0 Å². The highest BCUT2D eigenvalue weighted by atomic mass is 127. The quantitative estimate of drug-likeness (QED) is 0.163. The van der Waals surface area contributed by atoms with Crippen LogP contribution >= 0.6 is 24.0 Å². The lowest BCUT2D eigenvalue weighted by Crippen LogP contribution is -2.38. The number of guanidine groups is 1. The summed E-state index contributed by atoms with van der Waals surface area (Å²) in [4.78, 5) is 16.5. The van der Waals surface area contributed by atoms with Crippen LogP contribution in [-0.4, -0.2) is 44.7 Å². The van der Waals surface area contributed by atoms with Gasteiger partial charge < -0.3 is 25.1 Å². The van der Waals surface area contributed by atoms with Crippen molar-refractivity contribution in [3.8, 4) is 0 Å². The Balaban J connectivity index is 0.00000480. The third-order valence-corrected chi connectivity index (χ3v) is 4.55. The first kappa shape index (κ1) is 27.0. The average Bonchev–Trinajstić information content (AvgIpc) is 3.19. The molecule has 0 saturated carbocycles. The van der Waals surface area contributed by atoms with E-state index < -0.39 is 0 Å². The molecule has 172 valence electrons. The molecule has 1 heterocycles. The number of rotatable bonds is 12. The molecule has 0 fully saturated rings. The Hall–Kier alpha value is -2.07. The normalized spacial score (nSPS) is 12.0. The maximum atomic E-state index is 12.0. The second-order valence-electron chi connectivity index (χ2n) is 7.01. The number of furan rings is 1. The van der Waals surface area contributed by atoms with Crippen LogP contribution < -0.4 is 16.0 Å². The van der Waals surface area contributed by atoms with Gasteiger partial charge in [-0.15, -0.1) is 24.0 Å². The van der Waals surface area contributed by atoms with Crippen molar-refractivity contribution in [2.24, 2.45) is 4.99 Å². The monoisotopic (exact) mass is 542 g/mol. The van der Waals surface area contributed by atoms with Crippen LogP contribution in [-0.2, 0) is 4.74 Å². The fourth-order valence-corrected chi connectivity index (χ4v) is 2.86. The number of carbonyl (C=O) groups excluding carboxylic acids is 1. The van der Waals surface area contributed by atoms with Gasteiger partial charge in [-0.1, -0.05) is 30.3 Å². The van der Waals surface area contributed by atoms with E-state index >= 15 is 0 Å². The van der Waals surface area contributed by atoms with Gasteiger partial charge in [-0.25, -0.2) is 0 Å². The second-order valence-corrected chi connectivity index (χ2v) is 7.01. The summed E-state index contributed by atoms with van der Waals surface area (Å²) in [6, 6.07) is 12.0. The number of carbonyl (C=O) groups is 1. The largest absolute Gasteiger partial charge is 0.459 e. The molecule has 0 saturated heterocycles. The summed E-state index contributed by atoms with van der Waals surface area (Å²) in [6.07, 6.45) is 3.25. The summed E-state index contributed by atoms with van der Waals surface area (Å²) in [5.41, 5.74) is 2.03. The molecule has 1 amide bonds. The van der Waals surface area contributed by atoms with Crippen LogP contribution in [0.4, 0.5) is 0 Å². The van der Waals surface area contributed by atoms with Crippen LogP contribution in [0.15, 0.2) is 52.1 Å². The topological polar surface area (TPSA) is 87.9 Å². The number of hydrogen-bond acceptors (Lipinski definition) is 4. The number of aliphatic imine (C=N–C) groups is 1. The maximum absolute atomic E-state index is 12.0. The summed E-state index contributed by atoms with van der Waals surface area (Å²) in [5, 5.41) is 9.41. The number of benzene rings is 1. The summed E-state index contributed by atoms with van der Waals surface area (Å²) in [6.45, 7) is 9.38. The van der Waals surface area contributed by atoms with E-state index in [9.17, 15) is 4.79 Å². The Morgan fingerprint density at radius 2 is 1.84 bits per heavy atom. The molecule has 0 spiro atoms. The van der Waals surface area contributed by atoms with Crippen LogP contribution in [0.25, 0.3) is 0 Å². The van der Waals surface area contributed by atoms with Gasteiger partial charge in [-0.3, -0.25) is 9.79 Å². The molecule has 1 aromatic heterocycles. The van der Waals surface area contributed by atoms with Crippen molar-refractivity contribution in [1.29, 1.82) is 0 Å². The summed E-state index contributed by atoms with van der Waals surface area (Å²) in [7, 11) is 0. The molecule has 0 aliphatic heterocycles. The lowest BCUT2D eigenvalue weighted by Gasteiger charge is -2.14. The summed E-state index contributed by atoms with van der Waals surface area (Å²) in [5.74, 6) is 0.968. The second kappa shape index (κ2) is 15.7. The van der Waals surface area contributed by atoms with E-state index in [2.05, 4.69) is 40.0 Å².